The van der Waals surface area contributed by atoms with Crippen LogP contribution in [-0.4, -0.2) is 21.4 Å². The van der Waals surface area contributed by atoms with Crippen LogP contribution in [0.3, 0.4) is 0 Å². The van der Waals surface area contributed by atoms with Crippen molar-refractivity contribution in [3.05, 3.63) is 65.5 Å². The summed E-state index contributed by atoms with van der Waals surface area (Å²) in [6, 6.07) is 14.9. The summed E-state index contributed by atoms with van der Waals surface area (Å²) >= 11 is 5.79. The number of rotatable bonds is 5. The van der Waals surface area contributed by atoms with Gasteiger partial charge >= 0.3 is 0 Å². The Morgan fingerprint density at radius 2 is 1.76 bits per heavy atom. The second-order valence-electron chi connectivity index (χ2n) is 5.63. The van der Waals surface area contributed by atoms with E-state index >= 15 is 0 Å². The maximum Gasteiger partial charge on any atom is 0.272 e. The number of halogens is 1. The molecule has 0 aliphatic heterocycles. The van der Waals surface area contributed by atoms with E-state index < -0.39 is 0 Å². The summed E-state index contributed by atoms with van der Waals surface area (Å²) in [7, 11) is 0. The van der Waals surface area contributed by atoms with E-state index in [-0.39, 0.29) is 11.5 Å². The Hall–Kier alpha value is -2.66. The first kappa shape index (κ1) is 17.2. The van der Waals surface area contributed by atoms with Crippen LogP contribution < -0.4 is 10.1 Å². The van der Waals surface area contributed by atoms with Crippen molar-refractivity contribution in [2.75, 3.05) is 0 Å². The van der Waals surface area contributed by atoms with E-state index in [9.17, 15) is 4.79 Å². The lowest BCUT2D eigenvalue weighted by molar-refractivity contribution is 0.0945. The van der Waals surface area contributed by atoms with Crippen molar-refractivity contribution < 1.29 is 9.53 Å². The standard InChI is InChI=1S/C19H18ClN3O2/c1-12-18(23-17-6-4-3-5-16(17)22-12)19(24)21-11-14-7-9-15(10-8-14)25-13(2)20/h3-10,13H,11H2,1-2H3,(H,21,24). The first-order valence-corrected chi connectivity index (χ1v) is 8.38. The average Bonchev–Trinajstić information content (AvgIpc) is 2.60. The summed E-state index contributed by atoms with van der Waals surface area (Å²) in [6.07, 6.45) is 0. The number of alkyl halides is 1. The number of aromatic nitrogens is 2. The predicted molar refractivity (Wildman–Crippen MR) is 97.8 cm³/mol. The Morgan fingerprint density at radius 3 is 2.40 bits per heavy atom. The van der Waals surface area contributed by atoms with Gasteiger partial charge in [0.1, 0.15) is 11.4 Å². The van der Waals surface area contributed by atoms with Crippen LogP contribution in [0.4, 0.5) is 0 Å². The van der Waals surface area contributed by atoms with Crippen molar-refractivity contribution in [1.82, 2.24) is 15.3 Å². The molecule has 3 rings (SSSR count). The minimum Gasteiger partial charge on any atom is -0.475 e. The van der Waals surface area contributed by atoms with Gasteiger partial charge in [0.25, 0.3) is 5.91 Å². The minimum absolute atomic E-state index is 0.245. The molecule has 1 amide bonds. The molecule has 1 atom stereocenters. The van der Waals surface area contributed by atoms with Gasteiger partial charge < -0.3 is 10.1 Å². The van der Waals surface area contributed by atoms with E-state index in [1.807, 2.05) is 48.5 Å². The largest absolute Gasteiger partial charge is 0.475 e. The van der Waals surface area contributed by atoms with Gasteiger partial charge in [-0.3, -0.25) is 4.79 Å². The van der Waals surface area contributed by atoms with E-state index in [0.717, 1.165) is 11.1 Å². The molecule has 2 aromatic carbocycles. The van der Waals surface area contributed by atoms with Gasteiger partial charge in [0, 0.05) is 6.54 Å². The molecule has 0 spiro atoms. The molecule has 1 unspecified atom stereocenters. The van der Waals surface area contributed by atoms with Crippen LogP contribution in [0, 0.1) is 6.92 Å². The second kappa shape index (κ2) is 7.49. The fraction of sp³-hybridized carbons (Fsp3) is 0.211. The number of ether oxygens (including phenoxy) is 1. The summed E-state index contributed by atoms with van der Waals surface area (Å²) in [5.74, 6) is 0.444. The number of benzene rings is 2. The van der Waals surface area contributed by atoms with Gasteiger partial charge in [-0.05, 0) is 43.7 Å². The van der Waals surface area contributed by atoms with Gasteiger partial charge in [-0.15, -0.1) is 0 Å². The number of fused-ring (bicyclic) bond motifs is 1. The maximum absolute atomic E-state index is 12.4. The Labute approximate surface area is 151 Å². The smallest absolute Gasteiger partial charge is 0.272 e. The van der Waals surface area contributed by atoms with Gasteiger partial charge in [-0.1, -0.05) is 35.9 Å². The Kier molecular flexibility index (Phi) is 5.14. The average molecular weight is 356 g/mol. The zero-order valence-corrected chi connectivity index (χ0v) is 14.7. The van der Waals surface area contributed by atoms with Crippen molar-refractivity contribution in [1.29, 1.82) is 0 Å². The molecular weight excluding hydrogens is 338 g/mol. The molecule has 0 saturated carbocycles. The Balaban J connectivity index is 1.69. The first-order chi connectivity index (χ1) is 12.0. The molecule has 5 nitrogen and oxygen atoms in total. The van der Waals surface area contributed by atoms with Crippen LogP contribution in [0.1, 0.15) is 28.7 Å². The van der Waals surface area contributed by atoms with Crippen LogP contribution in [0.15, 0.2) is 48.5 Å². The zero-order valence-electron chi connectivity index (χ0n) is 14.0. The highest BCUT2D eigenvalue weighted by Crippen LogP contribution is 2.15. The van der Waals surface area contributed by atoms with Crippen molar-refractivity contribution in [3.8, 4) is 5.75 Å². The predicted octanol–water partition coefficient (Wildman–Crippen LogP) is 3.83. The molecule has 6 heteroatoms. The number of para-hydroxylation sites is 2. The van der Waals surface area contributed by atoms with Crippen LogP contribution in [-0.2, 0) is 6.54 Å². The highest BCUT2D eigenvalue weighted by molar-refractivity contribution is 6.19. The van der Waals surface area contributed by atoms with E-state index in [0.29, 0.717) is 29.2 Å². The quantitative estimate of drug-likeness (QED) is 0.706. The number of nitrogens with zero attached hydrogens (tertiary/aromatic N) is 2. The molecule has 1 N–H and O–H groups in total. The van der Waals surface area contributed by atoms with Gasteiger partial charge in [-0.25, -0.2) is 9.97 Å². The molecule has 0 radical (unpaired) electrons. The van der Waals surface area contributed by atoms with Crippen molar-refractivity contribution in [2.24, 2.45) is 0 Å². The van der Waals surface area contributed by atoms with Crippen LogP contribution in [0.5, 0.6) is 5.75 Å². The second-order valence-corrected chi connectivity index (χ2v) is 6.25. The maximum atomic E-state index is 12.4. The normalized spacial score (nSPS) is 12.0. The van der Waals surface area contributed by atoms with Crippen LogP contribution >= 0.6 is 11.6 Å². The molecule has 3 aromatic rings. The number of aryl methyl sites for hydroxylation is 1. The SMILES string of the molecule is Cc1nc2ccccc2nc1C(=O)NCc1ccc(OC(C)Cl)cc1. The summed E-state index contributed by atoms with van der Waals surface area (Å²) in [6.45, 7) is 3.93. The van der Waals surface area contributed by atoms with Gasteiger partial charge in [0.05, 0.1) is 16.7 Å². The summed E-state index contributed by atoms with van der Waals surface area (Å²) in [4.78, 5) is 21.3. The fourth-order valence-electron chi connectivity index (χ4n) is 2.44. The molecular formula is C19H18ClN3O2. The number of carbonyl (C=O) groups excluding carboxylic acids is 1. The van der Waals surface area contributed by atoms with Gasteiger partial charge in [0.2, 0.25) is 0 Å². The number of amides is 1. The molecule has 0 aliphatic rings. The monoisotopic (exact) mass is 355 g/mol. The highest BCUT2D eigenvalue weighted by atomic mass is 35.5. The van der Waals surface area contributed by atoms with Crippen molar-refractivity contribution >= 4 is 28.5 Å². The summed E-state index contributed by atoms with van der Waals surface area (Å²) in [5.41, 5.74) is 3.00. The van der Waals surface area contributed by atoms with E-state index in [1.54, 1.807) is 13.8 Å². The number of nitrogens with one attached hydrogen (secondary N) is 1. The van der Waals surface area contributed by atoms with Crippen molar-refractivity contribution in [3.63, 3.8) is 0 Å². The minimum atomic E-state index is -0.389. The molecule has 1 aromatic heterocycles. The van der Waals surface area contributed by atoms with E-state index in [4.69, 9.17) is 16.3 Å². The molecule has 0 bridgehead atoms. The molecule has 0 aliphatic carbocycles. The Bertz CT molecular complexity index is 895. The number of hydrogen-bond donors (Lipinski definition) is 1. The third-order valence-corrected chi connectivity index (χ3v) is 3.72. The summed E-state index contributed by atoms with van der Waals surface area (Å²) < 4.78 is 5.38. The lowest BCUT2D eigenvalue weighted by atomic mass is 10.2. The first-order valence-electron chi connectivity index (χ1n) is 7.94. The highest BCUT2D eigenvalue weighted by Gasteiger charge is 2.13. The lowest BCUT2D eigenvalue weighted by Gasteiger charge is -2.10. The number of hydrogen-bond acceptors (Lipinski definition) is 4. The van der Waals surface area contributed by atoms with Gasteiger partial charge in [0.15, 0.2) is 5.56 Å². The van der Waals surface area contributed by atoms with Crippen molar-refractivity contribution in [2.45, 2.75) is 26.0 Å². The van der Waals surface area contributed by atoms with Gasteiger partial charge in [-0.2, -0.15) is 0 Å². The molecule has 128 valence electrons. The third kappa shape index (κ3) is 4.25. The fourth-order valence-corrected chi connectivity index (χ4v) is 2.55. The van der Waals surface area contributed by atoms with E-state index in [1.165, 1.54) is 0 Å². The van der Waals surface area contributed by atoms with Crippen LogP contribution in [0.2, 0.25) is 0 Å². The third-order valence-electron chi connectivity index (χ3n) is 3.63. The molecule has 25 heavy (non-hydrogen) atoms. The topological polar surface area (TPSA) is 64.1 Å². The molecule has 0 fully saturated rings. The van der Waals surface area contributed by atoms with E-state index in [2.05, 4.69) is 15.3 Å². The molecule has 0 saturated heterocycles. The zero-order chi connectivity index (χ0) is 17.8. The molecule has 1 heterocycles. The number of carbonyl (C=O) groups is 1. The lowest BCUT2D eigenvalue weighted by Crippen LogP contribution is -2.25. The summed E-state index contributed by atoms with van der Waals surface area (Å²) in [5, 5.41) is 2.87. The Morgan fingerprint density at radius 1 is 1.12 bits per heavy atom. The van der Waals surface area contributed by atoms with Crippen LogP contribution in [0.25, 0.3) is 11.0 Å².